The Morgan fingerprint density at radius 3 is 2.62 bits per heavy atom. The molecule has 0 aliphatic heterocycles. The Morgan fingerprint density at radius 2 is 2.00 bits per heavy atom. The molecule has 1 amide bonds. The van der Waals surface area contributed by atoms with Crippen molar-refractivity contribution in [1.29, 1.82) is 0 Å². The van der Waals surface area contributed by atoms with Crippen LogP contribution in [0.25, 0.3) is 0 Å². The van der Waals surface area contributed by atoms with E-state index in [9.17, 15) is 19.7 Å². The maximum Gasteiger partial charge on any atom is 0.338 e. The smallest absolute Gasteiger partial charge is 0.338 e. The lowest BCUT2D eigenvalue weighted by atomic mass is 9.78. The molecule has 0 saturated heterocycles. The van der Waals surface area contributed by atoms with Crippen LogP contribution in [-0.4, -0.2) is 28.9 Å². The number of carbonyl (C=O) groups excluding carboxylic acids is 2. The first-order chi connectivity index (χ1) is 12.2. The molecule has 0 heterocycles. The van der Waals surface area contributed by atoms with E-state index in [2.05, 4.69) is 19.2 Å². The highest BCUT2D eigenvalue weighted by atomic mass is 16.6. The molecule has 0 bridgehead atoms. The van der Waals surface area contributed by atoms with Crippen LogP contribution in [-0.2, 0) is 9.53 Å². The molecule has 0 spiro atoms. The molecule has 1 fully saturated rings. The van der Waals surface area contributed by atoms with E-state index < -0.39 is 17.0 Å². The van der Waals surface area contributed by atoms with Crippen molar-refractivity contribution in [3.05, 3.63) is 39.4 Å². The predicted molar refractivity (Wildman–Crippen MR) is 96.8 cm³/mol. The summed E-state index contributed by atoms with van der Waals surface area (Å²) in [6, 6.07) is 4.09. The minimum absolute atomic E-state index is 0.0623. The van der Waals surface area contributed by atoms with E-state index in [1.54, 1.807) is 6.92 Å². The summed E-state index contributed by atoms with van der Waals surface area (Å²) in [5, 5.41) is 13.8. The van der Waals surface area contributed by atoms with E-state index in [-0.39, 0.29) is 23.2 Å². The maximum atomic E-state index is 12.4. The van der Waals surface area contributed by atoms with E-state index in [4.69, 9.17) is 4.74 Å². The number of carbonyl (C=O) groups is 2. The first-order valence-corrected chi connectivity index (χ1v) is 8.97. The average molecular weight is 362 g/mol. The van der Waals surface area contributed by atoms with Crippen molar-refractivity contribution >= 4 is 17.6 Å². The van der Waals surface area contributed by atoms with Crippen LogP contribution in [0.3, 0.4) is 0 Å². The van der Waals surface area contributed by atoms with Gasteiger partial charge in [-0.15, -0.1) is 0 Å². The third-order valence-corrected chi connectivity index (χ3v) is 5.32. The van der Waals surface area contributed by atoms with Crippen LogP contribution in [0, 0.1) is 28.9 Å². The lowest BCUT2D eigenvalue weighted by Crippen LogP contribution is -2.47. The van der Waals surface area contributed by atoms with Crippen molar-refractivity contribution in [3.63, 3.8) is 0 Å². The Bertz CT molecular complexity index is 703. The topological polar surface area (TPSA) is 98.5 Å². The van der Waals surface area contributed by atoms with Gasteiger partial charge in [0.1, 0.15) is 0 Å². The second kappa shape index (κ2) is 8.29. The molecule has 1 aliphatic rings. The largest absolute Gasteiger partial charge is 0.449 e. The van der Waals surface area contributed by atoms with E-state index in [1.807, 2.05) is 0 Å². The molecule has 1 aromatic rings. The van der Waals surface area contributed by atoms with E-state index in [0.29, 0.717) is 17.4 Å². The number of benzene rings is 1. The standard InChI is InChI=1S/C19H26N2O5/c1-11-6-5-7-16(13(11)3)20-18(22)14(4)26-19(23)15-8-9-17(21(24)25)12(2)10-15/h8-11,13-14,16H,5-7H2,1-4H3,(H,20,22)/t11-,13-,14+,16-/m0/s1. The fourth-order valence-electron chi connectivity index (χ4n) is 3.36. The molecular formula is C19H26N2O5. The van der Waals surface area contributed by atoms with Crippen molar-refractivity contribution in [1.82, 2.24) is 5.32 Å². The number of aryl methyl sites for hydroxylation is 1. The summed E-state index contributed by atoms with van der Waals surface area (Å²) in [6.45, 7) is 7.40. The van der Waals surface area contributed by atoms with E-state index in [1.165, 1.54) is 25.1 Å². The summed E-state index contributed by atoms with van der Waals surface area (Å²) in [7, 11) is 0. The highest BCUT2D eigenvalue weighted by Gasteiger charge is 2.30. The molecule has 2 rings (SSSR count). The summed E-state index contributed by atoms with van der Waals surface area (Å²) in [6.07, 6.45) is 2.24. The average Bonchev–Trinajstić information content (AvgIpc) is 2.58. The number of ether oxygens (including phenoxy) is 1. The van der Waals surface area contributed by atoms with Crippen molar-refractivity contribution in [3.8, 4) is 0 Å². The number of nitrogens with one attached hydrogen (secondary N) is 1. The molecule has 0 aromatic heterocycles. The SMILES string of the molecule is Cc1cc(C(=O)O[C@H](C)C(=O)N[C@H]2CCC[C@H](C)[C@@H]2C)ccc1[N+](=O)[O-]. The number of rotatable bonds is 5. The molecule has 4 atom stereocenters. The summed E-state index contributed by atoms with van der Waals surface area (Å²) >= 11 is 0. The van der Waals surface area contributed by atoms with Gasteiger partial charge in [0.2, 0.25) is 0 Å². The zero-order chi connectivity index (χ0) is 19.4. The normalized spacial score (nSPS) is 23.8. The zero-order valence-electron chi connectivity index (χ0n) is 15.7. The van der Waals surface area contributed by atoms with Gasteiger partial charge in [-0.3, -0.25) is 14.9 Å². The fraction of sp³-hybridized carbons (Fsp3) is 0.579. The van der Waals surface area contributed by atoms with Gasteiger partial charge < -0.3 is 10.1 Å². The molecule has 1 N–H and O–H groups in total. The molecular weight excluding hydrogens is 336 g/mol. The Hall–Kier alpha value is -2.44. The second-order valence-electron chi connectivity index (χ2n) is 7.19. The molecule has 1 aliphatic carbocycles. The zero-order valence-corrected chi connectivity index (χ0v) is 15.7. The minimum atomic E-state index is -0.928. The van der Waals surface area contributed by atoms with Crippen LogP contribution < -0.4 is 5.32 Å². The van der Waals surface area contributed by atoms with Crippen LogP contribution in [0.2, 0.25) is 0 Å². The summed E-state index contributed by atoms with van der Waals surface area (Å²) in [4.78, 5) is 34.9. The number of amides is 1. The van der Waals surface area contributed by atoms with Crippen LogP contribution >= 0.6 is 0 Å². The highest BCUT2D eigenvalue weighted by molar-refractivity contribution is 5.92. The molecule has 142 valence electrons. The number of hydrogen-bond acceptors (Lipinski definition) is 5. The number of nitrogens with zero attached hydrogens (tertiary/aromatic N) is 1. The molecule has 1 aromatic carbocycles. The Morgan fingerprint density at radius 1 is 1.31 bits per heavy atom. The number of esters is 1. The van der Waals surface area contributed by atoms with Gasteiger partial charge in [0.15, 0.2) is 6.10 Å². The number of nitro benzene ring substituents is 1. The Labute approximate surface area is 153 Å². The maximum absolute atomic E-state index is 12.4. The summed E-state index contributed by atoms with van der Waals surface area (Å²) in [5.41, 5.74) is 0.492. The molecule has 0 unspecified atom stereocenters. The van der Waals surface area contributed by atoms with Crippen molar-refractivity contribution in [2.24, 2.45) is 11.8 Å². The molecule has 7 heteroatoms. The first-order valence-electron chi connectivity index (χ1n) is 8.97. The van der Waals surface area contributed by atoms with Crippen LogP contribution in [0.1, 0.15) is 56.0 Å². The summed E-state index contributed by atoms with van der Waals surface area (Å²) < 4.78 is 5.24. The van der Waals surface area contributed by atoms with Crippen molar-refractivity contribution in [2.75, 3.05) is 0 Å². The lowest BCUT2D eigenvalue weighted by molar-refractivity contribution is -0.385. The molecule has 26 heavy (non-hydrogen) atoms. The van der Waals surface area contributed by atoms with Gasteiger partial charge in [0.05, 0.1) is 10.5 Å². The van der Waals surface area contributed by atoms with Gasteiger partial charge in [-0.1, -0.05) is 26.7 Å². The van der Waals surface area contributed by atoms with Crippen LogP contribution in [0.5, 0.6) is 0 Å². The Kier molecular flexibility index (Phi) is 6.34. The third kappa shape index (κ3) is 4.59. The monoisotopic (exact) mass is 362 g/mol. The number of hydrogen-bond donors (Lipinski definition) is 1. The highest BCUT2D eigenvalue weighted by Crippen LogP contribution is 2.29. The number of nitro groups is 1. The predicted octanol–water partition coefficient (Wildman–Crippen LogP) is 3.39. The van der Waals surface area contributed by atoms with Gasteiger partial charge in [-0.2, -0.15) is 0 Å². The summed E-state index contributed by atoms with van der Waals surface area (Å²) in [5.74, 6) is -0.0541. The lowest BCUT2D eigenvalue weighted by Gasteiger charge is -2.35. The minimum Gasteiger partial charge on any atom is -0.449 e. The van der Waals surface area contributed by atoms with Gasteiger partial charge in [-0.25, -0.2) is 4.79 Å². The molecule has 0 radical (unpaired) electrons. The quantitative estimate of drug-likeness (QED) is 0.492. The van der Waals surface area contributed by atoms with Crippen molar-refractivity contribution < 1.29 is 19.2 Å². The van der Waals surface area contributed by atoms with Gasteiger partial charge >= 0.3 is 5.97 Å². The van der Waals surface area contributed by atoms with Crippen LogP contribution in [0.15, 0.2) is 18.2 Å². The Balaban J connectivity index is 1.96. The van der Waals surface area contributed by atoms with E-state index >= 15 is 0 Å². The van der Waals surface area contributed by atoms with Crippen molar-refractivity contribution in [2.45, 2.75) is 59.1 Å². The van der Waals surface area contributed by atoms with E-state index in [0.717, 1.165) is 19.3 Å². The van der Waals surface area contributed by atoms with Gasteiger partial charge in [-0.05, 0) is 44.2 Å². The fourth-order valence-corrected chi connectivity index (χ4v) is 3.36. The third-order valence-electron chi connectivity index (χ3n) is 5.32. The van der Waals surface area contributed by atoms with Gasteiger partial charge in [0.25, 0.3) is 11.6 Å². The van der Waals surface area contributed by atoms with Gasteiger partial charge in [0, 0.05) is 17.7 Å². The first kappa shape index (κ1) is 19.9. The molecule has 1 saturated carbocycles. The second-order valence-corrected chi connectivity index (χ2v) is 7.19. The van der Waals surface area contributed by atoms with Crippen LogP contribution in [0.4, 0.5) is 5.69 Å². The molecule has 7 nitrogen and oxygen atoms in total.